The number of carbonyl (C=O) groups is 1. The first-order chi connectivity index (χ1) is 6.16. The molecule has 0 aliphatic carbocycles. The van der Waals surface area contributed by atoms with E-state index in [1.165, 1.54) is 16.8 Å². The molecule has 5 heteroatoms. The SMILES string of the molecule is O=C1Cn2cc(O)c(=O)cc2CO1. The molecule has 1 aromatic heterocycles. The minimum absolute atomic E-state index is 0.0448. The van der Waals surface area contributed by atoms with Gasteiger partial charge in [-0.25, -0.2) is 0 Å². The number of nitrogens with zero attached hydrogens (tertiary/aromatic N) is 1. The van der Waals surface area contributed by atoms with Gasteiger partial charge in [0.2, 0.25) is 5.43 Å². The molecule has 0 saturated carbocycles. The number of aromatic hydroxyl groups is 1. The maximum absolute atomic E-state index is 11.0. The molecule has 0 spiro atoms. The van der Waals surface area contributed by atoms with Crippen LogP contribution in [0.25, 0.3) is 0 Å². The molecule has 0 fully saturated rings. The highest BCUT2D eigenvalue weighted by atomic mass is 16.5. The average molecular weight is 181 g/mol. The minimum Gasteiger partial charge on any atom is -0.503 e. The van der Waals surface area contributed by atoms with E-state index in [9.17, 15) is 9.59 Å². The maximum Gasteiger partial charge on any atom is 0.326 e. The summed E-state index contributed by atoms with van der Waals surface area (Å²) in [5.41, 5.74) is 0.145. The Hall–Kier alpha value is -1.78. The van der Waals surface area contributed by atoms with Crippen LogP contribution in [0, 0.1) is 0 Å². The van der Waals surface area contributed by atoms with Crippen LogP contribution in [0.4, 0.5) is 0 Å². The van der Waals surface area contributed by atoms with Gasteiger partial charge in [-0.3, -0.25) is 9.59 Å². The lowest BCUT2D eigenvalue weighted by atomic mass is 10.3. The van der Waals surface area contributed by atoms with Gasteiger partial charge in [0.05, 0.1) is 11.9 Å². The zero-order chi connectivity index (χ0) is 9.42. The van der Waals surface area contributed by atoms with Gasteiger partial charge in [-0.2, -0.15) is 0 Å². The predicted molar refractivity (Wildman–Crippen MR) is 42.2 cm³/mol. The summed E-state index contributed by atoms with van der Waals surface area (Å²) in [5.74, 6) is -0.714. The summed E-state index contributed by atoms with van der Waals surface area (Å²) in [6.07, 6.45) is 1.25. The van der Waals surface area contributed by atoms with Gasteiger partial charge < -0.3 is 14.4 Å². The van der Waals surface area contributed by atoms with Crippen LogP contribution in [0.2, 0.25) is 0 Å². The van der Waals surface area contributed by atoms with Crippen LogP contribution in [0.3, 0.4) is 0 Å². The van der Waals surface area contributed by atoms with E-state index in [1.54, 1.807) is 0 Å². The van der Waals surface area contributed by atoms with E-state index in [-0.39, 0.29) is 24.9 Å². The molecule has 2 heterocycles. The maximum atomic E-state index is 11.0. The lowest BCUT2D eigenvalue weighted by Gasteiger charge is -2.18. The van der Waals surface area contributed by atoms with Crippen molar-refractivity contribution in [3.8, 4) is 5.75 Å². The second kappa shape index (κ2) is 2.62. The first kappa shape index (κ1) is 7.85. The Labute approximate surface area is 73.2 Å². The lowest BCUT2D eigenvalue weighted by molar-refractivity contribution is -0.148. The Balaban J connectivity index is 2.55. The van der Waals surface area contributed by atoms with E-state index in [0.29, 0.717) is 5.69 Å². The summed E-state index contributed by atoms with van der Waals surface area (Å²) in [4.78, 5) is 21.8. The summed E-state index contributed by atoms with van der Waals surface area (Å²) < 4.78 is 6.22. The lowest BCUT2D eigenvalue weighted by Crippen LogP contribution is -2.25. The third-order valence-electron chi connectivity index (χ3n) is 1.88. The number of hydrogen-bond acceptors (Lipinski definition) is 4. The molecule has 0 atom stereocenters. The van der Waals surface area contributed by atoms with Gasteiger partial charge in [0, 0.05) is 6.07 Å². The number of carbonyl (C=O) groups excluding carboxylic acids is 1. The molecule has 1 N–H and O–H groups in total. The molecule has 0 aromatic carbocycles. The molecule has 2 rings (SSSR count). The smallest absolute Gasteiger partial charge is 0.326 e. The quantitative estimate of drug-likeness (QED) is 0.553. The largest absolute Gasteiger partial charge is 0.503 e. The summed E-state index contributed by atoms with van der Waals surface area (Å²) >= 11 is 0. The van der Waals surface area contributed by atoms with Crippen molar-refractivity contribution in [2.45, 2.75) is 13.2 Å². The molecule has 68 valence electrons. The third-order valence-corrected chi connectivity index (χ3v) is 1.88. The van der Waals surface area contributed by atoms with Gasteiger partial charge in [0.15, 0.2) is 5.75 Å². The predicted octanol–water partition coefficient (Wildman–Crippen LogP) is -0.389. The molecule has 0 unspecified atom stereocenters. The molecule has 1 aromatic rings. The van der Waals surface area contributed by atoms with E-state index in [4.69, 9.17) is 9.84 Å². The van der Waals surface area contributed by atoms with Crippen molar-refractivity contribution >= 4 is 5.97 Å². The number of rotatable bonds is 0. The first-order valence-corrected chi connectivity index (χ1v) is 3.75. The molecule has 1 aliphatic rings. The van der Waals surface area contributed by atoms with E-state index in [2.05, 4.69) is 0 Å². The number of pyridine rings is 1. The van der Waals surface area contributed by atoms with Crippen molar-refractivity contribution in [1.29, 1.82) is 0 Å². The first-order valence-electron chi connectivity index (χ1n) is 3.75. The highest BCUT2D eigenvalue weighted by Gasteiger charge is 2.16. The molecule has 0 radical (unpaired) electrons. The van der Waals surface area contributed by atoms with Crippen LogP contribution >= 0.6 is 0 Å². The normalized spacial score (nSPS) is 14.9. The van der Waals surface area contributed by atoms with Gasteiger partial charge in [-0.15, -0.1) is 0 Å². The summed E-state index contributed by atoms with van der Waals surface area (Å²) in [5, 5.41) is 9.08. The van der Waals surface area contributed by atoms with Gasteiger partial charge in [-0.1, -0.05) is 0 Å². The van der Waals surface area contributed by atoms with Crippen LogP contribution in [-0.4, -0.2) is 15.6 Å². The van der Waals surface area contributed by atoms with Gasteiger partial charge >= 0.3 is 5.97 Å². The number of hydrogen-bond donors (Lipinski definition) is 1. The second-order valence-corrected chi connectivity index (χ2v) is 2.80. The van der Waals surface area contributed by atoms with Gasteiger partial charge in [-0.05, 0) is 0 Å². The van der Waals surface area contributed by atoms with Crippen molar-refractivity contribution < 1.29 is 14.6 Å². The van der Waals surface area contributed by atoms with Crippen molar-refractivity contribution in [2.24, 2.45) is 0 Å². The fourth-order valence-corrected chi connectivity index (χ4v) is 1.21. The van der Waals surface area contributed by atoms with Crippen molar-refractivity contribution in [3.05, 3.63) is 28.2 Å². The Bertz CT molecular complexity index is 421. The Kier molecular flexibility index (Phi) is 1.58. The topological polar surface area (TPSA) is 68.5 Å². The highest BCUT2D eigenvalue weighted by Crippen LogP contribution is 2.10. The van der Waals surface area contributed by atoms with E-state index >= 15 is 0 Å². The van der Waals surface area contributed by atoms with Crippen molar-refractivity contribution in [1.82, 2.24) is 4.57 Å². The van der Waals surface area contributed by atoms with Gasteiger partial charge in [0.1, 0.15) is 13.2 Å². The fourth-order valence-electron chi connectivity index (χ4n) is 1.21. The molecule has 0 bridgehead atoms. The van der Waals surface area contributed by atoms with Crippen molar-refractivity contribution in [2.75, 3.05) is 0 Å². The molecule has 13 heavy (non-hydrogen) atoms. The molecular weight excluding hydrogens is 174 g/mol. The molecule has 1 aliphatic heterocycles. The van der Waals surface area contributed by atoms with Crippen LogP contribution in [0.5, 0.6) is 5.75 Å². The second-order valence-electron chi connectivity index (χ2n) is 2.80. The highest BCUT2D eigenvalue weighted by molar-refractivity contribution is 5.70. The zero-order valence-electron chi connectivity index (χ0n) is 6.69. The zero-order valence-corrected chi connectivity index (χ0v) is 6.69. The Morgan fingerprint density at radius 2 is 2.23 bits per heavy atom. The van der Waals surface area contributed by atoms with Crippen LogP contribution < -0.4 is 5.43 Å². The summed E-state index contributed by atoms with van der Waals surface area (Å²) in [7, 11) is 0. The number of aromatic nitrogens is 1. The van der Waals surface area contributed by atoms with E-state index in [0.717, 1.165) is 0 Å². The Morgan fingerprint density at radius 1 is 1.46 bits per heavy atom. The number of cyclic esters (lactones) is 1. The number of fused-ring (bicyclic) bond motifs is 1. The van der Waals surface area contributed by atoms with Crippen molar-refractivity contribution in [3.63, 3.8) is 0 Å². The standard InChI is InChI=1S/C8H7NO4/c10-6-1-5-4-13-8(12)3-9(5)2-7(6)11/h1-2,11H,3-4H2. The molecule has 0 amide bonds. The average Bonchev–Trinajstić information content (AvgIpc) is 2.08. The van der Waals surface area contributed by atoms with Crippen LogP contribution in [0.15, 0.2) is 17.1 Å². The summed E-state index contributed by atoms with van der Waals surface area (Å²) in [6.45, 7) is 0.136. The molecule has 0 saturated heterocycles. The summed E-state index contributed by atoms with van der Waals surface area (Å²) in [6, 6.07) is 1.27. The minimum atomic E-state index is -0.454. The van der Waals surface area contributed by atoms with Gasteiger partial charge in [0.25, 0.3) is 0 Å². The van der Waals surface area contributed by atoms with Crippen LogP contribution in [0.1, 0.15) is 5.69 Å². The molecule has 5 nitrogen and oxygen atoms in total. The Morgan fingerprint density at radius 3 is 3.00 bits per heavy atom. The van der Waals surface area contributed by atoms with E-state index < -0.39 is 5.43 Å². The van der Waals surface area contributed by atoms with Crippen LogP contribution in [-0.2, 0) is 22.7 Å². The third kappa shape index (κ3) is 1.28. The number of ether oxygens (including phenoxy) is 1. The molecular formula is C8H7NO4. The van der Waals surface area contributed by atoms with E-state index in [1.807, 2.05) is 0 Å². The monoisotopic (exact) mass is 181 g/mol. The fraction of sp³-hybridized carbons (Fsp3) is 0.250. The number of esters is 1.